The van der Waals surface area contributed by atoms with Crippen LogP contribution >= 0.6 is 11.3 Å². The second kappa shape index (κ2) is 14.1. The molecular formula is C31H39N3O3S. The fourth-order valence-electron chi connectivity index (χ4n) is 4.53. The number of rotatable bonds is 15. The average molecular weight is 534 g/mol. The van der Waals surface area contributed by atoms with E-state index in [1.54, 1.807) is 11.3 Å². The standard InChI is InChI=1S/C31H39N3O3S/c1-6-23-12-14-27-29(18-23)38-30(33-27)19-25(16-22(3)35)31(37)32-26(17-24-10-8-7-9-11-24)13-15-28(36)21(2)20-34(4)5/h7-12,14,18,25-26H,2,6,13,15-17,19-20H2,1,3-5H3,(H,32,37)/t25-,26+/m0/s1. The lowest BCUT2D eigenvalue weighted by molar-refractivity contribution is -0.129. The molecule has 0 saturated heterocycles. The molecule has 38 heavy (non-hydrogen) atoms. The summed E-state index contributed by atoms with van der Waals surface area (Å²) in [6.45, 7) is 8.08. The Morgan fingerprint density at radius 1 is 1.05 bits per heavy atom. The van der Waals surface area contributed by atoms with E-state index in [-0.39, 0.29) is 29.9 Å². The summed E-state index contributed by atoms with van der Waals surface area (Å²) in [4.78, 5) is 45.0. The minimum absolute atomic E-state index is 0.00669. The van der Waals surface area contributed by atoms with Gasteiger partial charge in [-0.05, 0) is 63.5 Å². The van der Waals surface area contributed by atoms with Crippen molar-refractivity contribution >= 4 is 39.0 Å². The van der Waals surface area contributed by atoms with Gasteiger partial charge in [-0.15, -0.1) is 11.3 Å². The molecule has 2 aromatic carbocycles. The van der Waals surface area contributed by atoms with Crippen molar-refractivity contribution in [3.8, 4) is 0 Å². The van der Waals surface area contributed by atoms with Gasteiger partial charge in [-0.2, -0.15) is 0 Å². The van der Waals surface area contributed by atoms with Gasteiger partial charge in [0.25, 0.3) is 0 Å². The van der Waals surface area contributed by atoms with Crippen molar-refractivity contribution in [3.05, 3.63) is 76.8 Å². The van der Waals surface area contributed by atoms with Crippen molar-refractivity contribution in [2.24, 2.45) is 5.92 Å². The van der Waals surface area contributed by atoms with Crippen LogP contribution in [-0.2, 0) is 33.6 Å². The van der Waals surface area contributed by atoms with E-state index in [1.165, 1.54) is 12.5 Å². The van der Waals surface area contributed by atoms with Gasteiger partial charge in [0.05, 0.1) is 21.1 Å². The second-order valence-electron chi connectivity index (χ2n) is 10.3. The number of nitrogens with one attached hydrogen (secondary N) is 1. The first-order chi connectivity index (χ1) is 18.1. The average Bonchev–Trinajstić information content (AvgIpc) is 3.28. The van der Waals surface area contributed by atoms with Crippen LogP contribution in [0.4, 0.5) is 0 Å². The van der Waals surface area contributed by atoms with Gasteiger partial charge in [0.1, 0.15) is 5.78 Å². The van der Waals surface area contributed by atoms with Gasteiger partial charge in [0.2, 0.25) is 5.91 Å². The third-order valence-electron chi connectivity index (χ3n) is 6.52. The lowest BCUT2D eigenvalue weighted by Gasteiger charge is -2.23. The van der Waals surface area contributed by atoms with Gasteiger partial charge in [0.15, 0.2) is 5.78 Å². The summed E-state index contributed by atoms with van der Waals surface area (Å²) in [5, 5.41) is 4.02. The van der Waals surface area contributed by atoms with E-state index in [0.29, 0.717) is 37.8 Å². The Hall–Kier alpha value is -3.16. The van der Waals surface area contributed by atoms with Crippen molar-refractivity contribution in [2.75, 3.05) is 20.6 Å². The summed E-state index contributed by atoms with van der Waals surface area (Å²) in [5.74, 6) is -0.716. The Labute approximate surface area is 230 Å². The Morgan fingerprint density at radius 2 is 1.79 bits per heavy atom. The largest absolute Gasteiger partial charge is 0.353 e. The number of amides is 1. The Kier molecular flexibility index (Phi) is 10.9. The van der Waals surface area contributed by atoms with Crippen LogP contribution in [0, 0.1) is 5.92 Å². The van der Waals surface area contributed by atoms with E-state index >= 15 is 0 Å². The first-order valence-electron chi connectivity index (χ1n) is 13.2. The molecule has 0 spiro atoms. The van der Waals surface area contributed by atoms with E-state index < -0.39 is 5.92 Å². The molecule has 1 N–H and O–H groups in total. The van der Waals surface area contributed by atoms with E-state index in [0.717, 1.165) is 27.2 Å². The Balaban J connectivity index is 1.75. The number of carbonyl (C=O) groups excluding carboxylic acids is 3. The van der Waals surface area contributed by atoms with Crippen molar-refractivity contribution in [1.82, 2.24) is 15.2 Å². The van der Waals surface area contributed by atoms with Crippen molar-refractivity contribution in [1.29, 1.82) is 0 Å². The summed E-state index contributed by atoms with van der Waals surface area (Å²) in [6, 6.07) is 15.9. The lowest BCUT2D eigenvalue weighted by atomic mass is 9.95. The predicted octanol–water partition coefficient (Wildman–Crippen LogP) is 5.19. The first kappa shape index (κ1) is 29.4. The lowest BCUT2D eigenvalue weighted by Crippen LogP contribution is -2.41. The number of aromatic nitrogens is 1. The molecule has 0 saturated carbocycles. The molecule has 1 aromatic heterocycles. The van der Waals surface area contributed by atoms with Crippen LogP contribution in [0.1, 0.15) is 49.2 Å². The molecule has 0 aliphatic rings. The smallest absolute Gasteiger partial charge is 0.224 e. The molecule has 3 aromatic rings. The first-order valence-corrected chi connectivity index (χ1v) is 14.0. The summed E-state index contributed by atoms with van der Waals surface area (Å²) < 4.78 is 1.10. The highest BCUT2D eigenvalue weighted by atomic mass is 32.1. The summed E-state index contributed by atoms with van der Waals surface area (Å²) >= 11 is 1.58. The molecule has 0 bridgehead atoms. The van der Waals surface area contributed by atoms with Crippen molar-refractivity contribution in [2.45, 2.75) is 58.4 Å². The second-order valence-corrected chi connectivity index (χ2v) is 11.4. The number of nitrogens with zero attached hydrogens (tertiary/aromatic N) is 2. The summed E-state index contributed by atoms with van der Waals surface area (Å²) in [5.41, 5.74) is 3.81. The molecule has 0 aliphatic heterocycles. The zero-order chi connectivity index (χ0) is 27.7. The number of aryl methyl sites for hydroxylation is 1. The van der Waals surface area contributed by atoms with Crippen LogP contribution in [0.5, 0.6) is 0 Å². The topological polar surface area (TPSA) is 79.4 Å². The number of fused-ring (bicyclic) bond motifs is 1. The predicted molar refractivity (Wildman–Crippen MR) is 156 cm³/mol. The number of ketones is 2. The maximum absolute atomic E-state index is 13.5. The fraction of sp³-hybridized carbons (Fsp3) is 0.419. The maximum atomic E-state index is 13.5. The third kappa shape index (κ3) is 8.99. The van der Waals surface area contributed by atoms with Crippen LogP contribution in [0.3, 0.4) is 0 Å². The van der Waals surface area contributed by atoms with Crippen LogP contribution in [0.2, 0.25) is 0 Å². The van der Waals surface area contributed by atoms with Crippen molar-refractivity contribution < 1.29 is 14.4 Å². The number of carbonyl (C=O) groups is 3. The Morgan fingerprint density at radius 3 is 2.45 bits per heavy atom. The maximum Gasteiger partial charge on any atom is 0.224 e. The highest BCUT2D eigenvalue weighted by Crippen LogP contribution is 2.26. The zero-order valence-corrected chi connectivity index (χ0v) is 23.8. The van der Waals surface area contributed by atoms with E-state index in [9.17, 15) is 14.4 Å². The molecule has 0 aliphatic carbocycles. The number of hydrogen-bond donors (Lipinski definition) is 1. The highest BCUT2D eigenvalue weighted by Gasteiger charge is 2.25. The third-order valence-corrected chi connectivity index (χ3v) is 7.56. The highest BCUT2D eigenvalue weighted by molar-refractivity contribution is 7.18. The molecule has 1 heterocycles. The van der Waals surface area contributed by atoms with Crippen LogP contribution in [-0.4, -0.2) is 54.0 Å². The van der Waals surface area contributed by atoms with Gasteiger partial charge < -0.3 is 15.0 Å². The molecule has 0 fully saturated rings. The van der Waals surface area contributed by atoms with Gasteiger partial charge in [-0.3, -0.25) is 9.59 Å². The van der Waals surface area contributed by atoms with Crippen LogP contribution in [0.25, 0.3) is 10.2 Å². The monoisotopic (exact) mass is 533 g/mol. The van der Waals surface area contributed by atoms with Crippen molar-refractivity contribution in [3.63, 3.8) is 0 Å². The van der Waals surface area contributed by atoms with Gasteiger partial charge >= 0.3 is 0 Å². The minimum Gasteiger partial charge on any atom is -0.353 e. The molecule has 7 heteroatoms. The van der Waals surface area contributed by atoms with Gasteiger partial charge in [0, 0.05) is 37.4 Å². The van der Waals surface area contributed by atoms with Gasteiger partial charge in [-0.1, -0.05) is 49.9 Å². The number of hydrogen-bond acceptors (Lipinski definition) is 6. The van der Waals surface area contributed by atoms with E-state index in [1.807, 2.05) is 55.4 Å². The molecule has 6 nitrogen and oxygen atoms in total. The fourth-order valence-corrected chi connectivity index (χ4v) is 5.65. The molecule has 0 unspecified atom stereocenters. The molecule has 202 valence electrons. The molecule has 3 rings (SSSR count). The quantitative estimate of drug-likeness (QED) is 0.272. The summed E-state index contributed by atoms with van der Waals surface area (Å²) in [7, 11) is 3.81. The minimum atomic E-state index is -0.517. The number of thiazole rings is 1. The SMILES string of the molecule is C=C(CN(C)C)C(=O)CC[C@H](Cc1ccccc1)NC(=O)[C@@H](CC(C)=O)Cc1nc2ccc(CC)cc2s1. The van der Waals surface area contributed by atoms with Crippen LogP contribution < -0.4 is 5.32 Å². The normalized spacial score (nSPS) is 12.9. The number of Topliss-reactive ketones (excluding diaryl/α,β-unsaturated/α-hetero) is 2. The molecule has 1 amide bonds. The Bertz CT molecular complexity index is 1270. The van der Waals surface area contributed by atoms with E-state index in [4.69, 9.17) is 4.98 Å². The molecule has 2 atom stereocenters. The molecular weight excluding hydrogens is 494 g/mol. The summed E-state index contributed by atoms with van der Waals surface area (Å²) in [6.07, 6.45) is 2.92. The van der Waals surface area contributed by atoms with E-state index in [2.05, 4.69) is 31.0 Å². The number of likely N-dealkylation sites (N-methyl/N-ethyl adjacent to an activating group) is 1. The molecule has 0 radical (unpaired) electrons. The number of benzene rings is 2. The van der Waals surface area contributed by atoms with Crippen LogP contribution in [0.15, 0.2) is 60.7 Å². The van der Waals surface area contributed by atoms with Gasteiger partial charge in [-0.25, -0.2) is 4.98 Å². The zero-order valence-electron chi connectivity index (χ0n) is 23.0.